The van der Waals surface area contributed by atoms with Crippen LogP contribution in [-0.4, -0.2) is 55.5 Å². The highest BCUT2D eigenvalue weighted by atomic mass is 16.2. The summed E-state index contributed by atoms with van der Waals surface area (Å²) in [5.41, 5.74) is 0.993. The number of nitrogens with one attached hydrogen (secondary N) is 1. The number of piperidine rings is 1. The molecule has 1 heterocycles. The van der Waals surface area contributed by atoms with Crippen molar-refractivity contribution in [1.29, 1.82) is 0 Å². The van der Waals surface area contributed by atoms with Gasteiger partial charge in [0, 0.05) is 18.8 Å². The van der Waals surface area contributed by atoms with Gasteiger partial charge < -0.3 is 15.1 Å². The number of carbonyl (C=O) groups excluding carboxylic acids is 1. The standard InChI is InChI=1S/C15H23N3O/c1-17-10-8-14(9-11-17)18(2)15(19)12-16-13-6-4-3-5-7-13/h3-7,14,16H,8-12H2,1-2H3. The summed E-state index contributed by atoms with van der Waals surface area (Å²) in [6.07, 6.45) is 2.15. The maximum Gasteiger partial charge on any atom is 0.241 e. The van der Waals surface area contributed by atoms with Gasteiger partial charge in [-0.05, 0) is 45.1 Å². The molecule has 1 aliphatic rings. The summed E-state index contributed by atoms with van der Waals surface area (Å²) in [7, 11) is 4.06. The fraction of sp³-hybridized carbons (Fsp3) is 0.533. The summed E-state index contributed by atoms with van der Waals surface area (Å²) in [5, 5.41) is 3.17. The fourth-order valence-corrected chi connectivity index (χ4v) is 2.44. The largest absolute Gasteiger partial charge is 0.376 e. The lowest BCUT2D eigenvalue weighted by atomic mass is 10.0. The SMILES string of the molecule is CN1CCC(N(C)C(=O)CNc2ccccc2)CC1. The predicted octanol–water partition coefficient (Wildman–Crippen LogP) is 1.65. The molecule has 0 atom stereocenters. The van der Waals surface area contributed by atoms with E-state index in [4.69, 9.17) is 0 Å². The number of para-hydroxylation sites is 1. The lowest BCUT2D eigenvalue weighted by Gasteiger charge is -2.35. The summed E-state index contributed by atoms with van der Waals surface area (Å²) in [4.78, 5) is 16.4. The average Bonchev–Trinajstić information content (AvgIpc) is 2.46. The third-order valence-electron chi connectivity index (χ3n) is 3.85. The molecule has 1 saturated heterocycles. The van der Waals surface area contributed by atoms with E-state index in [2.05, 4.69) is 17.3 Å². The van der Waals surface area contributed by atoms with Crippen LogP contribution in [0.25, 0.3) is 0 Å². The molecule has 0 aliphatic carbocycles. The van der Waals surface area contributed by atoms with Gasteiger partial charge >= 0.3 is 0 Å². The van der Waals surface area contributed by atoms with E-state index in [-0.39, 0.29) is 5.91 Å². The highest BCUT2D eigenvalue weighted by molar-refractivity contribution is 5.80. The van der Waals surface area contributed by atoms with Gasteiger partial charge in [-0.2, -0.15) is 0 Å². The number of nitrogens with zero attached hydrogens (tertiary/aromatic N) is 2. The zero-order chi connectivity index (χ0) is 13.7. The summed E-state index contributed by atoms with van der Waals surface area (Å²) >= 11 is 0. The lowest BCUT2D eigenvalue weighted by molar-refractivity contribution is -0.130. The highest BCUT2D eigenvalue weighted by Crippen LogP contribution is 2.14. The van der Waals surface area contributed by atoms with Gasteiger partial charge in [0.05, 0.1) is 6.54 Å². The molecule has 104 valence electrons. The van der Waals surface area contributed by atoms with Gasteiger partial charge in [0.15, 0.2) is 0 Å². The highest BCUT2D eigenvalue weighted by Gasteiger charge is 2.23. The number of rotatable bonds is 4. The second-order valence-electron chi connectivity index (χ2n) is 5.26. The number of likely N-dealkylation sites (N-methyl/N-ethyl adjacent to an activating group) is 1. The molecule has 19 heavy (non-hydrogen) atoms. The second-order valence-corrected chi connectivity index (χ2v) is 5.26. The predicted molar refractivity (Wildman–Crippen MR) is 78.2 cm³/mol. The minimum Gasteiger partial charge on any atom is -0.376 e. The molecule has 1 aliphatic heterocycles. The van der Waals surface area contributed by atoms with Crippen LogP contribution < -0.4 is 5.32 Å². The van der Waals surface area contributed by atoms with E-state index < -0.39 is 0 Å². The molecule has 0 bridgehead atoms. The van der Waals surface area contributed by atoms with E-state index in [0.717, 1.165) is 31.6 Å². The zero-order valence-corrected chi connectivity index (χ0v) is 11.8. The Hall–Kier alpha value is -1.55. The van der Waals surface area contributed by atoms with Gasteiger partial charge in [0.25, 0.3) is 0 Å². The molecule has 0 unspecified atom stereocenters. The first-order valence-corrected chi connectivity index (χ1v) is 6.90. The van der Waals surface area contributed by atoms with Gasteiger partial charge in [-0.3, -0.25) is 4.79 Å². The third kappa shape index (κ3) is 3.96. The molecule has 1 N–H and O–H groups in total. The number of hydrogen-bond acceptors (Lipinski definition) is 3. The van der Waals surface area contributed by atoms with Gasteiger partial charge in [0.1, 0.15) is 0 Å². The third-order valence-corrected chi connectivity index (χ3v) is 3.85. The number of benzene rings is 1. The number of likely N-dealkylation sites (tertiary alicyclic amines) is 1. The van der Waals surface area contributed by atoms with Crippen LogP contribution in [0.2, 0.25) is 0 Å². The average molecular weight is 261 g/mol. The monoisotopic (exact) mass is 261 g/mol. The van der Waals surface area contributed by atoms with Crippen molar-refractivity contribution in [2.45, 2.75) is 18.9 Å². The smallest absolute Gasteiger partial charge is 0.241 e. The van der Waals surface area contributed by atoms with Crippen molar-refractivity contribution in [3.63, 3.8) is 0 Å². The lowest BCUT2D eigenvalue weighted by Crippen LogP contribution is -2.46. The second kappa shape index (κ2) is 6.57. The van der Waals surface area contributed by atoms with Crippen LogP contribution >= 0.6 is 0 Å². The molecule has 4 nitrogen and oxygen atoms in total. The molecule has 0 radical (unpaired) electrons. The van der Waals surface area contributed by atoms with E-state index in [0.29, 0.717) is 12.6 Å². The Balaban J connectivity index is 1.79. The maximum atomic E-state index is 12.1. The number of anilines is 1. The fourth-order valence-electron chi connectivity index (χ4n) is 2.44. The van der Waals surface area contributed by atoms with Crippen molar-refractivity contribution < 1.29 is 4.79 Å². The van der Waals surface area contributed by atoms with Crippen LogP contribution in [0.4, 0.5) is 5.69 Å². The van der Waals surface area contributed by atoms with Crippen LogP contribution in [0.1, 0.15) is 12.8 Å². The molecule has 1 aromatic rings. The quantitative estimate of drug-likeness (QED) is 0.895. The Kier molecular flexibility index (Phi) is 4.80. The molecule has 1 aromatic carbocycles. The minimum absolute atomic E-state index is 0.165. The van der Waals surface area contributed by atoms with Gasteiger partial charge in [-0.15, -0.1) is 0 Å². The molecule has 2 rings (SSSR count). The van der Waals surface area contributed by atoms with Crippen molar-refractivity contribution in [3.8, 4) is 0 Å². The number of carbonyl (C=O) groups is 1. The van der Waals surface area contributed by atoms with Crippen molar-refractivity contribution in [1.82, 2.24) is 9.80 Å². The first-order chi connectivity index (χ1) is 9.16. The van der Waals surface area contributed by atoms with E-state index >= 15 is 0 Å². The summed E-state index contributed by atoms with van der Waals surface area (Å²) in [6.45, 7) is 2.52. The topological polar surface area (TPSA) is 35.6 Å². The summed E-state index contributed by atoms with van der Waals surface area (Å²) in [5.74, 6) is 0.165. The molecule has 0 spiro atoms. The van der Waals surface area contributed by atoms with Crippen LogP contribution in [0.3, 0.4) is 0 Å². The van der Waals surface area contributed by atoms with Gasteiger partial charge in [0.2, 0.25) is 5.91 Å². The van der Waals surface area contributed by atoms with Crippen LogP contribution in [-0.2, 0) is 4.79 Å². The van der Waals surface area contributed by atoms with Crippen LogP contribution in [0.5, 0.6) is 0 Å². The molecule has 4 heteroatoms. The van der Waals surface area contributed by atoms with Gasteiger partial charge in [-0.25, -0.2) is 0 Å². The Morgan fingerprint density at radius 1 is 1.32 bits per heavy atom. The van der Waals surface area contributed by atoms with Crippen LogP contribution in [0, 0.1) is 0 Å². The first-order valence-electron chi connectivity index (χ1n) is 6.90. The van der Waals surface area contributed by atoms with E-state index in [1.165, 1.54) is 0 Å². The van der Waals surface area contributed by atoms with Crippen molar-refractivity contribution in [2.75, 3.05) is 39.0 Å². The molecule has 0 aromatic heterocycles. The van der Waals surface area contributed by atoms with E-state index in [1.807, 2.05) is 42.3 Å². The number of amides is 1. The summed E-state index contributed by atoms with van der Waals surface area (Å²) < 4.78 is 0. The maximum absolute atomic E-state index is 12.1. The Labute approximate surface area is 115 Å². The first kappa shape index (κ1) is 13.9. The normalized spacial score (nSPS) is 17.2. The summed E-state index contributed by atoms with van der Waals surface area (Å²) in [6, 6.07) is 10.2. The molecule has 1 fully saturated rings. The van der Waals surface area contributed by atoms with Crippen molar-refractivity contribution in [2.24, 2.45) is 0 Å². The Morgan fingerprint density at radius 3 is 2.58 bits per heavy atom. The zero-order valence-electron chi connectivity index (χ0n) is 11.8. The Morgan fingerprint density at radius 2 is 1.95 bits per heavy atom. The Bertz CT molecular complexity index is 399. The molecule has 0 saturated carbocycles. The van der Waals surface area contributed by atoms with E-state index in [9.17, 15) is 4.79 Å². The molecular formula is C15H23N3O. The minimum atomic E-state index is 0.165. The molecular weight excluding hydrogens is 238 g/mol. The molecule has 1 amide bonds. The van der Waals surface area contributed by atoms with Gasteiger partial charge in [-0.1, -0.05) is 18.2 Å². The van der Waals surface area contributed by atoms with E-state index in [1.54, 1.807) is 0 Å². The van der Waals surface area contributed by atoms with Crippen molar-refractivity contribution in [3.05, 3.63) is 30.3 Å². The van der Waals surface area contributed by atoms with Crippen LogP contribution in [0.15, 0.2) is 30.3 Å². The number of hydrogen-bond donors (Lipinski definition) is 1. The van der Waals surface area contributed by atoms with Crippen molar-refractivity contribution >= 4 is 11.6 Å².